The van der Waals surface area contributed by atoms with Gasteiger partial charge < -0.3 is 19.8 Å². The van der Waals surface area contributed by atoms with Crippen LogP contribution in [-0.2, 0) is 22.7 Å². The molecule has 1 aromatic carbocycles. The molecule has 4 rings (SSSR count). The highest BCUT2D eigenvalue weighted by Crippen LogP contribution is 2.30. The number of carbonyl (C=O) groups is 2. The maximum Gasteiger partial charge on any atom is 0.422 e. The van der Waals surface area contributed by atoms with Crippen LogP contribution in [0.25, 0.3) is 0 Å². The Kier molecular flexibility index (Phi) is 12.5. The molecular weight excluding hydrogens is 599 g/mol. The molecule has 12 nitrogen and oxygen atoms in total. The Labute approximate surface area is 256 Å². The van der Waals surface area contributed by atoms with Crippen molar-refractivity contribution in [3.8, 4) is 5.75 Å². The number of aryl methyl sites for hydroxylation is 1. The Bertz CT molecular complexity index is 1570. The number of rotatable bonds is 11. The number of alkyl halides is 3. The van der Waals surface area contributed by atoms with E-state index in [4.69, 9.17) is 14.9 Å². The molecule has 0 spiro atoms. The van der Waals surface area contributed by atoms with Gasteiger partial charge in [-0.1, -0.05) is 18.2 Å². The van der Waals surface area contributed by atoms with Gasteiger partial charge in [0.1, 0.15) is 5.75 Å². The number of hydrogen-bond acceptors (Lipinski definition) is 8. The van der Waals surface area contributed by atoms with E-state index in [1.54, 1.807) is 55.8 Å². The number of hydrogen-bond donors (Lipinski definition) is 2. The van der Waals surface area contributed by atoms with Gasteiger partial charge in [0.15, 0.2) is 6.61 Å². The van der Waals surface area contributed by atoms with Crippen molar-refractivity contribution in [2.24, 2.45) is 0 Å². The van der Waals surface area contributed by atoms with Crippen LogP contribution in [0.1, 0.15) is 17.5 Å². The summed E-state index contributed by atoms with van der Waals surface area (Å²) in [5.74, 6) is -2.30. The number of benzene rings is 1. The summed E-state index contributed by atoms with van der Waals surface area (Å²) in [6, 6.07) is 10.4. The Morgan fingerprint density at radius 3 is 2.24 bits per heavy atom. The number of carboxylic acids is 2. The molecule has 1 aliphatic rings. The van der Waals surface area contributed by atoms with Crippen LogP contribution in [0.4, 0.5) is 18.9 Å². The molecule has 0 radical (unpaired) electrons. The number of piperazine rings is 1. The van der Waals surface area contributed by atoms with Gasteiger partial charge in [-0.05, 0) is 43.7 Å². The van der Waals surface area contributed by atoms with Crippen LogP contribution in [-0.4, -0.2) is 86.7 Å². The van der Waals surface area contributed by atoms with Crippen LogP contribution >= 0.6 is 0 Å². The number of halogens is 3. The van der Waals surface area contributed by atoms with Crippen LogP contribution in [0, 0.1) is 6.92 Å². The molecular formula is C30H34F3N5O7. The third kappa shape index (κ3) is 11.3. The number of pyridine rings is 1. The first-order valence-electron chi connectivity index (χ1n) is 13.9. The molecule has 0 unspecified atom stereocenters. The zero-order valence-electron chi connectivity index (χ0n) is 24.5. The maximum absolute atomic E-state index is 13.0. The zero-order valence-corrected chi connectivity index (χ0v) is 24.5. The van der Waals surface area contributed by atoms with Crippen molar-refractivity contribution >= 4 is 17.6 Å². The van der Waals surface area contributed by atoms with E-state index in [-0.39, 0.29) is 17.0 Å². The van der Waals surface area contributed by atoms with Gasteiger partial charge in [0.25, 0.3) is 5.56 Å². The zero-order chi connectivity index (χ0) is 33.0. The van der Waals surface area contributed by atoms with E-state index in [1.807, 2.05) is 11.0 Å². The highest BCUT2D eigenvalue weighted by molar-refractivity contribution is 5.89. The van der Waals surface area contributed by atoms with Gasteiger partial charge >= 0.3 is 23.8 Å². The number of aliphatic carboxylic acids is 2. The van der Waals surface area contributed by atoms with E-state index < -0.39 is 24.7 Å². The van der Waals surface area contributed by atoms with Crippen molar-refractivity contribution in [1.29, 1.82) is 0 Å². The van der Waals surface area contributed by atoms with Gasteiger partial charge in [0, 0.05) is 69.0 Å². The summed E-state index contributed by atoms with van der Waals surface area (Å²) in [7, 11) is 0. The van der Waals surface area contributed by atoms with Gasteiger partial charge in [0.05, 0.1) is 12.2 Å². The minimum absolute atomic E-state index is 0.217. The summed E-state index contributed by atoms with van der Waals surface area (Å²) in [5.41, 5.74) is 1.39. The summed E-state index contributed by atoms with van der Waals surface area (Å²) in [6.45, 7) is 4.40. The smallest absolute Gasteiger partial charge is 0.422 e. The molecule has 15 heteroatoms. The molecule has 2 aromatic heterocycles. The first-order valence-corrected chi connectivity index (χ1v) is 13.9. The average Bonchev–Trinajstić information content (AvgIpc) is 3.00. The lowest BCUT2D eigenvalue weighted by molar-refractivity contribution is -0.153. The summed E-state index contributed by atoms with van der Waals surface area (Å²) in [4.78, 5) is 53.1. The van der Waals surface area contributed by atoms with Crippen LogP contribution in [0.5, 0.6) is 5.75 Å². The number of aromatic nitrogens is 3. The number of ether oxygens (including phenoxy) is 1. The number of nitrogens with zero attached hydrogens (tertiary/aromatic N) is 5. The minimum Gasteiger partial charge on any atom is -0.482 e. The molecule has 0 bridgehead atoms. The van der Waals surface area contributed by atoms with Crippen molar-refractivity contribution in [1.82, 2.24) is 19.0 Å². The Morgan fingerprint density at radius 1 is 0.978 bits per heavy atom. The van der Waals surface area contributed by atoms with Crippen molar-refractivity contribution < 1.29 is 37.7 Å². The minimum atomic E-state index is -4.40. The fourth-order valence-corrected chi connectivity index (χ4v) is 4.61. The molecule has 0 amide bonds. The molecule has 2 N–H and O–H groups in total. The monoisotopic (exact) mass is 633 g/mol. The predicted molar refractivity (Wildman–Crippen MR) is 159 cm³/mol. The topological polar surface area (TPSA) is 147 Å². The molecule has 0 aliphatic carbocycles. The Hall–Kier alpha value is -4.92. The molecule has 3 heterocycles. The fourth-order valence-electron chi connectivity index (χ4n) is 4.61. The summed E-state index contributed by atoms with van der Waals surface area (Å²) in [5, 5.41) is 15.6. The normalized spacial score (nSPS) is 13.7. The van der Waals surface area contributed by atoms with Gasteiger partial charge in [0.2, 0.25) is 0 Å². The highest BCUT2D eigenvalue weighted by Gasteiger charge is 2.29. The molecule has 1 saturated heterocycles. The Morgan fingerprint density at radius 2 is 1.64 bits per heavy atom. The average molecular weight is 634 g/mol. The van der Waals surface area contributed by atoms with Crippen LogP contribution in [0.3, 0.4) is 0 Å². The number of anilines is 1. The fraction of sp³-hybridized carbons (Fsp3) is 0.367. The van der Waals surface area contributed by atoms with Crippen LogP contribution < -0.4 is 20.9 Å². The van der Waals surface area contributed by atoms with E-state index in [0.29, 0.717) is 75.6 Å². The maximum atomic E-state index is 13.0. The lowest BCUT2D eigenvalue weighted by Gasteiger charge is -2.36. The molecule has 0 atom stereocenters. The lowest BCUT2D eigenvalue weighted by atomic mass is 10.2. The van der Waals surface area contributed by atoms with E-state index in [1.165, 1.54) is 9.13 Å². The van der Waals surface area contributed by atoms with Crippen molar-refractivity contribution in [2.75, 3.05) is 44.2 Å². The molecule has 3 aromatic rings. The lowest BCUT2D eigenvalue weighted by Crippen LogP contribution is -2.47. The number of carboxylic acid groups (broad SMARTS) is 2. The summed E-state index contributed by atoms with van der Waals surface area (Å²) in [6.07, 6.45) is 2.29. The predicted octanol–water partition coefficient (Wildman–Crippen LogP) is 2.63. The van der Waals surface area contributed by atoms with E-state index >= 15 is 0 Å². The van der Waals surface area contributed by atoms with E-state index in [2.05, 4.69) is 9.88 Å². The van der Waals surface area contributed by atoms with Crippen LogP contribution in [0.2, 0.25) is 0 Å². The van der Waals surface area contributed by atoms with Crippen LogP contribution in [0.15, 0.2) is 76.7 Å². The first-order chi connectivity index (χ1) is 21.3. The second-order valence-electron chi connectivity index (χ2n) is 10.1. The van der Waals surface area contributed by atoms with Crippen molar-refractivity contribution in [3.63, 3.8) is 0 Å². The largest absolute Gasteiger partial charge is 0.482 e. The molecule has 0 saturated carbocycles. The SMILES string of the molecule is Cc1cn(Cc2cccnc2)c(=O)n(CCCN2CCN(c3ccccc3OCC(F)(F)F)CC2)c1=O.O=C(O)/C=C/C(=O)O. The Balaban J connectivity index is 0.000000610. The highest BCUT2D eigenvalue weighted by atomic mass is 19.4. The molecule has 45 heavy (non-hydrogen) atoms. The molecule has 1 aliphatic heterocycles. The first kappa shape index (κ1) is 34.6. The van der Waals surface area contributed by atoms with E-state index in [9.17, 15) is 32.3 Å². The second-order valence-corrected chi connectivity index (χ2v) is 10.1. The molecule has 242 valence electrons. The van der Waals surface area contributed by atoms with Gasteiger partial charge in [-0.2, -0.15) is 13.2 Å². The van der Waals surface area contributed by atoms with Gasteiger partial charge in [-0.3, -0.25) is 23.8 Å². The second kappa shape index (κ2) is 16.2. The summed E-state index contributed by atoms with van der Waals surface area (Å²) >= 11 is 0. The standard InChI is InChI=1S/C26H30F3N5O3.C4H4O4/c1-20-17-33(18-21-6-4-9-30-16-21)25(36)34(24(20)35)11-5-10-31-12-14-32(15-13-31)22-7-2-3-8-23(22)37-19-26(27,28)29;5-3(6)1-2-4(7)8/h2-4,6-9,16-17H,5,10-15,18-19H2,1H3;1-2H,(H,5,6)(H,7,8)/b;2-1+. The van der Waals surface area contributed by atoms with Gasteiger partial charge in [-0.25, -0.2) is 14.4 Å². The van der Waals surface area contributed by atoms with Gasteiger partial charge in [-0.15, -0.1) is 0 Å². The quantitative estimate of drug-likeness (QED) is 0.302. The van der Waals surface area contributed by atoms with E-state index in [0.717, 1.165) is 5.56 Å². The third-order valence-electron chi connectivity index (χ3n) is 6.68. The van der Waals surface area contributed by atoms with Crippen molar-refractivity contribution in [2.45, 2.75) is 32.6 Å². The third-order valence-corrected chi connectivity index (χ3v) is 6.68. The summed E-state index contributed by atoms with van der Waals surface area (Å²) < 4.78 is 45.7. The van der Waals surface area contributed by atoms with Crippen molar-refractivity contribution in [3.05, 3.63) is 99.1 Å². The number of para-hydroxylation sites is 2. The molecule has 1 fully saturated rings.